The fraction of sp³-hybridized carbons (Fsp3) is 0.538. The van der Waals surface area contributed by atoms with E-state index in [0.29, 0.717) is 5.92 Å². The number of nitrogens with two attached hydrogens (primary N) is 1. The maximum atomic E-state index is 6.36. The molecule has 0 saturated heterocycles. The van der Waals surface area contributed by atoms with Gasteiger partial charge < -0.3 is 5.73 Å². The van der Waals surface area contributed by atoms with Gasteiger partial charge in [0.1, 0.15) is 0 Å². The molecule has 15 heavy (non-hydrogen) atoms. The lowest BCUT2D eigenvalue weighted by atomic mass is 9.84. The van der Waals surface area contributed by atoms with E-state index < -0.39 is 0 Å². The lowest BCUT2D eigenvalue weighted by Gasteiger charge is -2.28. The number of halogens is 1. The Bertz CT molecular complexity index is 320. The molecule has 0 heterocycles. The number of hydrogen-bond acceptors (Lipinski definition) is 1. The third kappa shape index (κ3) is 3.62. The van der Waals surface area contributed by atoms with E-state index >= 15 is 0 Å². The quantitative estimate of drug-likeness (QED) is 0.877. The summed E-state index contributed by atoms with van der Waals surface area (Å²) in [5.74, 6) is 0.666. The molecule has 2 atom stereocenters. The lowest BCUT2D eigenvalue weighted by Crippen LogP contribution is -2.34. The standard InChI is InChI=1S/C13H20BrN/c1-4-10(2)9-13(3,15)11-6-5-7-12(14)8-11/h5-8,10H,4,9,15H2,1-3H3. The Morgan fingerprint density at radius 1 is 1.47 bits per heavy atom. The molecule has 2 N–H and O–H groups in total. The molecular formula is C13H20BrN. The minimum atomic E-state index is -0.223. The molecule has 2 unspecified atom stereocenters. The van der Waals surface area contributed by atoms with Gasteiger partial charge in [0.15, 0.2) is 0 Å². The number of rotatable bonds is 4. The van der Waals surface area contributed by atoms with E-state index in [9.17, 15) is 0 Å². The topological polar surface area (TPSA) is 26.0 Å². The van der Waals surface area contributed by atoms with Crippen molar-refractivity contribution >= 4 is 15.9 Å². The van der Waals surface area contributed by atoms with Crippen molar-refractivity contribution in [3.8, 4) is 0 Å². The van der Waals surface area contributed by atoms with E-state index in [1.165, 1.54) is 12.0 Å². The average Bonchev–Trinajstić information content (AvgIpc) is 2.17. The second-order valence-corrected chi connectivity index (χ2v) is 5.56. The third-order valence-corrected chi connectivity index (χ3v) is 3.45. The fourth-order valence-corrected chi connectivity index (χ4v) is 2.23. The van der Waals surface area contributed by atoms with Crippen molar-refractivity contribution in [2.75, 3.05) is 0 Å². The van der Waals surface area contributed by atoms with Crippen molar-refractivity contribution in [2.45, 2.75) is 39.2 Å². The van der Waals surface area contributed by atoms with E-state index in [-0.39, 0.29) is 5.54 Å². The Balaban J connectivity index is 2.85. The Kier molecular flexibility index (Phi) is 4.35. The van der Waals surface area contributed by atoms with Gasteiger partial charge in [-0.2, -0.15) is 0 Å². The van der Waals surface area contributed by atoms with Crippen LogP contribution in [0.1, 0.15) is 39.2 Å². The Hall–Kier alpha value is -0.340. The molecule has 1 aromatic carbocycles. The second kappa shape index (κ2) is 5.13. The van der Waals surface area contributed by atoms with Crippen LogP contribution in [0.5, 0.6) is 0 Å². The second-order valence-electron chi connectivity index (χ2n) is 4.65. The van der Waals surface area contributed by atoms with Crippen molar-refractivity contribution in [1.29, 1.82) is 0 Å². The number of hydrogen-bond donors (Lipinski definition) is 1. The normalized spacial score (nSPS) is 17.1. The van der Waals surface area contributed by atoms with Crippen molar-refractivity contribution in [3.05, 3.63) is 34.3 Å². The predicted molar refractivity (Wildman–Crippen MR) is 69.8 cm³/mol. The average molecular weight is 270 g/mol. The summed E-state index contributed by atoms with van der Waals surface area (Å²) in [7, 11) is 0. The van der Waals surface area contributed by atoms with Crippen LogP contribution in [0.3, 0.4) is 0 Å². The highest BCUT2D eigenvalue weighted by Crippen LogP contribution is 2.28. The van der Waals surface area contributed by atoms with Crippen molar-refractivity contribution in [2.24, 2.45) is 11.7 Å². The first-order valence-electron chi connectivity index (χ1n) is 5.50. The first kappa shape index (κ1) is 12.7. The molecule has 0 aliphatic heterocycles. The molecule has 84 valence electrons. The molecule has 0 spiro atoms. The molecule has 0 aliphatic rings. The Morgan fingerprint density at radius 3 is 2.67 bits per heavy atom. The van der Waals surface area contributed by atoms with Crippen LogP contribution in [0.15, 0.2) is 28.7 Å². The molecule has 1 nitrogen and oxygen atoms in total. The van der Waals surface area contributed by atoms with E-state index in [0.717, 1.165) is 10.9 Å². The molecule has 0 amide bonds. The summed E-state index contributed by atoms with van der Waals surface area (Å²) in [5.41, 5.74) is 7.35. The smallest absolute Gasteiger partial charge is 0.0384 e. The molecule has 0 saturated carbocycles. The van der Waals surface area contributed by atoms with Gasteiger partial charge in [-0.3, -0.25) is 0 Å². The molecular weight excluding hydrogens is 250 g/mol. The van der Waals surface area contributed by atoms with Gasteiger partial charge in [0.25, 0.3) is 0 Å². The van der Waals surface area contributed by atoms with Crippen molar-refractivity contribution in [3.63, 3.8) is 0 Å². The zero-order valence-corrected chi connectivity index (χ0v) is 11.3. The van der Waals surface area contributed by atoms with Gasteiger partial charge in [-0.15, -0.1) is 0 Å². The zero-order chi connectivity index (χ0) is 11.5. The molecule has 0 bridgehead atoms. The highest BCUT2D eigenvalue weighted by molar-refractivity contribution is 9.10. The van der Waals surface area contributed by atoms with Gasteiger partial charge in [0.2, 0.25) is 0 Å². The molecule has 1 aromatic rings. The van der Waals surface area contributed by atoms with E-state index in [1.807, 2.05) is 12.1 Å². The van der Waals surface area contributed by atoms with E-state index in [2.05, 4.69) is 48.8 Å². The van der Waals surface area contributed by atoms with Gasteiger partial charge in [0.05, 0.1) is 0 Å². The predicted octanol–water partition coefficient (Wildman–Crippen LogP) is 4.06. The van der Waals surface area contributed by atoms with E-state index in [1.54, 1.807) is 0 Å². The summed E-state index contributed by atoms with van der Waals surface area (Å²) in [6.45, 7) is 6.58. The SMILES string of the molecule is CCC(C)CC(C)(N)c1cccc(Br)c1. The van der Waals surface area contributed by atoms with Crippen LogP contribution < -0.4 is 5.73 Å². The van der Waals surface area contributed by atoms with Gasteiger partial charge in [-0.25, -0.2) is 0 Å². The summed E-state index contributed by atoms with van der Waals surface area (Å²) in [6.07, 6.45) is 2.21. The summed E-state index contributed by atoms with van der Waals surface area (Å²) >= 11 is 3.48. The highest BCUT2D eigenvalue weighted by atomic mass is 79.9. The molecule has 0 aromatic heterocycles. The monoisotopic (exact) mass is 269 g/mol. The van der Waals surface area contributed by atoms with Crippen LogP contribution in [-0.2, 0) is 5.54 Å². The minimum Gasteiger partial charge on any atom is -0.322 e. The summed E-state index contributed by atoms with van der Waals surface area (Å²) in [5, 5.41) is 0. The zero-order valence-electron chi connectivity index (χ0n) is 9.76. The summed E-state index contributed by atoms with van der Waals surface area (Å²) in [6, 6.07) is 8.29. The Labute approximate surface area is 101 Å². The van der Waals surface area contributed by atoms with Gasteiger partial charge in [-0.05, 0) is 37.0 Å². The first-order chi connectivity index (χ1) is 6.95. The third-order valence-electron chi connectivity index (χ3n) is 2.95. The van der Waals surface area contributed by atoms with Crippen LogP contribution in [-0.4, -0.2) is 0 Å². The minimum absolute atomic E-state index is 0.223. The molecule has 0 aliphatic carbocycles. The Morgan fingerprint density at radius 2 is 2.13 bits per heavy atom. The van der Waals surface area contributed by atoms with E-state index in [4.69, 9.17) is 5.73 Å². The maximum absolute atomic E-state index is 6.36. The highest BCUT2D eigenvalue weighted by Gasteiger charge is 2.23. The lowest BCUT2D eigenvalue weighted by molar-refractivity contribution is 0.356. The van der Waals surface area contributed by atoms with Gasteiger partial charge >= 0.3 is 0 Å². The van der Waals surface area contributed by atoms with Crippen molar-refractivity contribution < 1.29 is 0 Å². The van der Waals surface area contributed by atoms with Gasteiger partial charge in [-0.1, -0.05) is 48.3 Å². The van der Waals surface area contributed by atoms with Crippen LogP contribution in [0, 0.1) is 5.92 Å². The fourth-order valence-electron chi connectivity index (χ4n) is 1.83. The number of benzene rings is 1. The summed E-state index contributed by atoms with van der Waals surface area (Å²) in [4.78, 5) is 0. The first-order valence-corrected chi connectivity index (χ1v) is 6.30. The van der Waals surface area contributed by atoms with Crippen LogP contribution in [0.2, 0.25) is 0 Å². The molecule has 1 rings (SSSR count). The van der Waals surface area contributed by atoms with Crippen LogP contribution in [0.4, 0.5) is 0 Å². The molecule has 0 fully saturated rings. The van der Waals surface area contributed by atoms with Crippen molar-refractivity contribution in [1.82, 2.24) is 0 Å². The van der Waals surface area contributed by atoms with Gasteiger partial charge in [0, 0.05) is 10.0 Å². The molecule has 2 heteroatoms. The van der Waals surface area contributed by atoms with Crippen LogP contribution in [0.25, 0.3) is 0 Å². The largest absolute Gasteiger partial charge is 0.322 e. The maximum Gasteiger partial charge on any atom is 0.0384 e. The summed E-state index contributed by atoms with van der Waals surface area (Å²) < 4.78 is 1.10. The van der Waals surface area contributed by atoms with Crippen LogP contribution >= 0.6 is 15.9 Å². The molecule has 0 radical (unpaired) electrons.